The number of nitrogens with one attached hydrogen (secondary N) is 1. The molecule has 1 aromatic carbocycles. The highest BCUT2D eigenvalue weighted by Gasteiger charge is 2.19. The molecule has 19 heavy (non-hydrogen) atoms. The van der Waals surface area contributed by atoms with Crippen LogP contribution in [0.2, 0.25) is 0 Å². The Hall–Kier alpha value is -1.61. The summed E-state index contributed by atoms with van der Waals surface area (Å²) in [6.45, 7) is 9.56. The number of rotatable bonds is 4. The highest BCUT2D eigenvalue weighted by Crippen LogP contribution is 2.28. The minimum absolute atomic E-state index is 0.221. The van der Waals surface area contributed by atoms with E-state index in [0.717, 1.165) is 6.54 Å². The summed E-state index contributed by atoms with van der Waals surface area (Å²) < 4.78 is 1.94. The molecule has 0 aliphatic carbocycles. The third-order valence-corrected chi connectivity index (χ3v) is 3.95. The molecule has 1 atom stereocenters. The number of hydrogen-bond acceptors (Lipinski definition) is 2. The van der Waals surface area contributed by atoms with Crippen LogP contribution in [-0.4, -0.2) is 16.3 Å². The van der Waals surface area contributed by atoms with Gasteiger partial charge in [0.05, 0.1) is 12.2 Å². The topological polar surface area (TPSA) is 29.9 Å². The molecule has 3 nitrogen and oxygen atoms in total. The molecule has 0 saturated carbocycles. The Morgan fingerprint density at radius 3 is 2.53 bits per heavy atom. The molecule has 1 unspecified atom stereocenters. The van der Waals surface area contributed by atoms with Gasteiger partial charge in [0.1, 0.15) is 0 Å². The summed E-state index contributed by atoms with van der Waals surface area (Å²) in [7, 11) is 1.99. The van der Waals surface area contributed by atoms with Gasteiger partial charge in [-0.05, 0) is 44.0 Å². The summed E-state index contributed by atoms with van der Waals surface area (Å²) in [5.74, 6) is 0. The molecule has 0 radical (unpaired) electrons. The predicted molar refractivity (Wildman–Crippen MR) is 79.4 cm³/mol. The first-order chi connectivity index (χ1) is 9.06. The Morgan fingerprint density at radius 2 is 1.95 bits per heavy atom. The summed E-state index contributed by atoms with van der Waals surface area (Å²) in [6.07, 6.45) is 1.98. The zero-order valence-electron chi connectivity index (χ0n) is 12.5. The lowest BCUT2D eigenvalue weighted by atomic mass is 9.93. The van der Waals surface area contributed by atoms with Gasteiger partial charge in [0.25, 0.3) is 0 Å². The van der Waals surface area contributed by atoms with Crippen molar-refractivity contribution in [3.05, 3.63) is 52.3 Å². The molecular weight excluding hydrogens is 234 g/mol. The van der Waals surface area contributed by atoms with Crippen LogP contribution in [0.1, 0.15) is 40.9 Å². The summed E-state index contributed by atoms with van der Waals surface area (Å²) in [6, 6.07) is 6.73. The van der Waals surface area contributed by atoms with Gasteiger partial charge in [-0.3, -0.25) is 4.68 Å². The third-order valence-electron chi connectivity index (χ3n) is 3.95. The van der Waals surface area contributed by atoms with E-state index in [9.17, 15) is 0 Å². The van der Waals surface area contributed by atoms with Crippen LogP contribution in [0.25, 0.3) is 0 Å². The van der Waals surface area contributed by atoms with Gasteiger partial charge in [-0.2, -0.15) is 5.10 Å². The fourth-order valence-corrected chi connectivity index (χ4v) is 2.48. The van der Waals surface area contributed by atoms with Gasteiger partial charge >= 0.3 is 0 Å². The average molecular weight is 257 g/mol. The molecule has 0 spiro atoms. The van der Waals surface area contributed by atoms with Crippen molar-refractivity contribution < 1.29 is 0 Å². The van der Waals surface area contributed by atoms with Crippen LogP contribution in [0.5, 0.6) is 0 Å². The Balaban J connectivity index is 2.51. The summed E-state index contributed by atoms with van der Waals surface area (Å²) in [5, 5.41) is 7.96. The second-order valence-corrected chi connectivity index (χ2v) is 5.09. The monoisotopic (exact) mass is 257 g/mol. The van der Waals surface area contributed by atoms with Gasteiger partial charge in [0, 0.05) is 18.3 Å². The van der Waals surface area contributed by atoms with E-state index in [1.807, 2.05) is 17.9 Å². The molecule has 0 amide bonds. The number of benzene rings is 1. The van der Waals surface area contributed by atoms with E-state index >= 15 is 0 Å². The lowest BCUT2D eigenvalue weighted by Crippen LogP contribution is -2.23. The SMILES string of the molecule is CCNC(c1cccc(C)c1C)c1cnn(C)c1C. The van der Waals surface area contributed by atoms with Gasteiger partial charge in [-0.15, -0.1) is 0 Å². The standard InChI is InChI=1S/C16H23N3/c1-6-17-16(15-10-18-19(5)13(15)4)14-9-7-8-11(2)12(14)3/h7-10,16-17H,6H2,1-5H3. The Kier molecular flexibility index (Phi) is 4.05. The van der Waals surface area contributed by atoms with Crippen molar-refractivity contribution in [3.63, 3.8) is 0 Å². The maximum Gasteiger partial charge on any atom is 0.0613 e. The van der Waals surface area contributed by atoms with Crippen molar-refractivity contribution in [1.82, 2.24) is 15.1 Å². The maximum atomic E-state index is 4.37. The third kappa shape index (κ3) is 2.56. The Morgan fingerprint density at radius 1 is 1.21 bits per heavy atom. The van der Waals surface area contributed by atoms with E-state index < -0.39 is 0 Å². The Bertz CT molecular complexity index is 569. The number of aryl methyl sites for hydroxylation is 2. The number of hydrogen-bond donors (Lipinski definition) is 1. The van der Waals surface area contributed by atoms with Crippen LogP contribution in [0, 0.1) is 20.8 Å². The fraction of sp³-hybridized carbons (Fsp3) is 0.438. The van der Waals surface area contributed by atoms with Crippen molar-refractivity contribution in [2.75, 3.05) is 6.54 Å². The molecule has 1 heterocycles. The van der Waals surface area contributed by atoms with Crippen molar-refractivity contribution in [1.29, 1.82) is 0 Å². The predicted octanol–water partition coefficient (Wildman–Crippen LogP) is 3.04. The maximum absolute atomic E-state index is 4.37. The highest BCUT2D eigenvalue weighted by molar-refractivity contribution is 5.41. The minimum atomic E-state index is 0.221. The van der Waals surface area contributed by atoms with E-state index in [1.165, 1.54) is 27.9 Å². The largest absolute Gasteiger partial charge is 0.306 e. The molecular formula is C16H23N3. The smallest absolute Gasteiger partial charge is 0.0613 e. The lowest BCUT2D eigenvalue weighted by Gasteiger charge is -2.21. The van der Waals surface area contributed by atoms with Crippen molar-refractivity contribution in [2.24, 2.45) is 7.05 Å². The van der Waals surface area contributed by atoms with Crippen LogP contribution in [0.3, 0.4) is 0 Å². The van der Waals surface area contributed by atoms with E-state index in [0.29, 0.717) is 0 Å². The van der Waals surface area contributed by atoms with Gasteiger partial charge < -0.3 is 5.32 Å². The molecule has 1 aromatic heterocycles. The molecule has 2 aromatic rings. The highest BCUT2D eigenvalue weighted by atomic mass is 15.3. The average Bonchev–Trinajstić information content (AvgIpc) is 2.71. The minimum Gasteiger partial charge on any atom is -0.306 e. The number of nitrogens with zero attached hydrogens (tertiary/aromatic N) is 2. The van der Waals surface area contributed by atoms with Gasteiger partial charge in [0.2, 0.25) is 0 Å². The molecule has 2 rings (SSSR count). The van der Waals surface area contributed by atoms with Gasteiger partial charge in [-0.1, -0.05) is 25.1 Å². The van der Waals surface area contributed by atoms with Crippen LogP contribution in [-0.2, 0) is 7.05 Å². The Labute approximate surface area is 115 Å². The lowest BCUT2D eigenvalue weighted by molar-refractivity contribution is 0.621. The molecule has 0 bridgehead atoms. The molecule has 3 heteroatoms. The second kappa shape index (κ2) is 5.57. The van der Waals surface area contributed by atoms with Crippen molar-refractivity contribution in [2.45, 2.75) is 33.7 Å². The van der Waals surface area contributed by atoms with E-state index in [-0.39, 0.29) is 6.04 Å². The molecule has 0 aliphatic heterocycles. The fourth-order valence-electron chi connectivity index (χ4n) is 2.48. The van der Waals surface area contributed by atoms with Gasteiger partial charge in [-0.25, -0.2) is 0 Å². The zero-order chi connectivity index (χ0) is 14.0. The first kappa shape index (κ1) is 13.8. The first-order valence-electron chi connectivity index (χ1n) is 6.84. The molecule has 102 valence electrons. The second-order valence-electron chi connectivity index (χ2n) is 5.09. The summed E-state index contributed by atoms with van der Waals surface area (Å²) in [4.78, 5) is 0. The molecule has 0 saturated heterocycles. The molecule has 0 fully saturated rings. The van der Waals surface area contributed by atoms with Crippen molar-refractivity contribution >= 4 is 0 Å². The van der Waals surface area contributed by atoms with Crippen molar-refractivity contribution in [3.8, 4) is 0 Å². The first-order valence-corrected chi connectivity index (χ1v) is 6.84. The molecule has 1 N–H and O–H groups in total. The van der Waals surface area contributed by atoms with Gasteiger partial charge in [0.15, 0.2) is 0 Å². The van der Waals surface area contributed by atoms with E-state index in [4.69, 9.17) is 0 Å². The van der Waals surface area contributed by atoms with E-state index in [2.05, 4.69) is 56.3 Å². The van der Waals surface area contributed by atoms with Crippen LogP contribution >= 0.6 is 0 Å². The summed E-state index contributed by atoms with van der Waals surface area (Å²) in [5.41, 5.74) is 6.52. The number of aromatic nitrogens is 2. The van der Waals surface area contributed by atoms with Crippen LogP contribution in [0.4, 0.5) is 0 Å². The van der Waals surface area contributed by atoms with E-state index in [1.54, 1.807) is 0 Å². The summed E-state index contributed by atoms with van der Waals surface area (Å²) >= 11 is 0. The molecule has 0 aliphatic rings. The van der Waals surface area contributed by atoms with Crippen LogP contribution < -0.4 is 5.32 Å². The normalized spacial score (nSPS) is 12.7. The zero-order valence-corrected chi connectivity index (χ0v) is 12.5. The quantitative estimate of drug-likeness (QED) is 0.912. The van der Waals surface area contributed by atoms with Crippen LogP contribution in [0.15, 0.2) is 24.4 Å².